The summed E-state index contributed by atoms with van der Waals surface area (Å²) in [6.07, 6.45) is 0.771. The van der Waals surface area contributed by atoms with Gasteiger partial charge in [-0.3, -0.25) is 9.59 Å². The van der Waals surface area contributed by atoms with Gasteiger partial charge >= 0.3 is 0 Å². The Hall–Kier alpha value is -2.04. The fourth-order valence-electron chi connectivity index (χ4n) is 1.99. The number of carbonyl (C=O) groups is 2. The van der Waals surface area contributed by atoms with Crippen LogP contribution in [0.15, 0.2) is 18.2 Å². The minimum Gasteiger partial charge on any atom is -0.504 e. The lowest BCUT2D eigenvalue weighted by atomic mass is 10.1. The van der Waals surface area contributed by atoms with Crippen LogP contribution in [-0.2, 0) is 4.79 Å². The SMILES string of the molecule is COc1cccc(C(=O)N2CCC(=O)CC2)c1O. The second kappa shape index (κ2) is 5.08. The lowest BCUT2D eigenvalue weighted by Crippen LogP contribution is -2.38. The van der Waals surface area contributed by atoms with Gasteiger partial charge in [0, 0.05) is 25.9 Å². The fraction of sp³-hybridized carbons (Fsp3) is 0.385. The number of aromatic hydroxyl groups is 1. The molecular weight excluding hydrogens is 234 g/mol. The van der Waals surface area contributed by atoms with Crippen molar-refractivity contribution in [1.29, 1.82) is 0 Å². The number of rotatable bonds is 2. The number of phenols is 1. The van der Waals surface area contributed by atoms with Crippen LogP contribution in [0.5, 0.6) is 11.5 Å². The number of ether oxygens (including phenoxy) is 1. The molecule has 0 unspecified atom stereocenters. The first kappa shape index (κ1) is 12.4. The second-order valence-electron chi connectivity index (χ2n) is 4.19. The predicted octanol–water partition coefficient (Wildman–Crippen LogP) is 1.21. The van der Waals surface area contributed by atoms with Crippen molar-refractivity contribution in [3.63, 3.8) is 0 Å². The number of amides is 1. The van der Waals surface area contributed by atoms with Crippen LogP contribution < -0.4 is 4.74 Å². The molecule has 2 rings (SSSR count). The third kappa shape index (κ3) is 2.30. The van der Waals surface area contributed by atoms with Crippen LogP contribution in [0.4, 0.5) is 0 Å². The van der Waals surface area contributed by atoms with Crippen LogP contribution in [0.1, 0.15) is 23.2 Å². The molecule has 1 heterocycles. The Morgan fingerprint density at radius 2 is 2.00 bits per heavy atom. The number of carbonyl (C=O) groups excluding carboxylic acids is 2. The fourth-order valence-corrected chi connectivity index (χ4v) is 1.99. The van der Waals surface area contributed by atoms with E-state index in [1.165, 1.54) is 7.11 Å². The zero-order chi connectivity index (χ0) is 13.1. The number of hydrogen-bond acceptors (Lipinski definition) is 4. The zero-order valence-corrected chi connectivity index (χ0v) is 10.2. The molecule has 18 heavy (non-hydrogen) atoms. The Kier molecular flexibility index (Phi) is 3.50. The van der Waals surface area contributed by atoms with Gasteiger partial charge in [-0.25, -0.2) is 0 Å². The summed E-state index contributed by atoms with van der Waals surface area (Å²) in [6.45, 7) is 0.822. The molecule has 0 atom stereocenters. The number of likely N-dealkylation sites (tertiary alicyclic amines) is 1. The number of benzene rings is 1. The molecule has 1 amide bonds. The van der Waals surface area contributed by atoms with Gasteiger partial charge in [0.1, 0.15) is 5.78 Å². The van der Waals surface area contributed by atoms with Crippen molar-refractivity contribution in [2.24, 2.45) is 0 Å². The normalized spacial score (nSPS) is 15.6. The van der Waals surface area contributed by atoms with Gasteiger partial charge in [0.25, 0.3) is 5.91 Å². The molecule has 1 aromatic carbocycles. The highest BCUT2D eigenvalue weighted by atomic mass is 16.5. The molecule has 1 aromatic rings. The van der Waals surface area contributed by atoms with Gasteiger partial charge in [0.05, 0.1) is 12.7 Å². The Morgan fingerprint density at radius 1 is 1.33 bits per heavy atom. The number of methoxy groups -OCH3 is 1. The molecule has 96 valence electrons. The van der Waals surface area contributed by atoms with Crippen LogP contribution in [0.2, 0.25) is 0 Å². The van der Waals surface area contributed by atoms with Gasteiger partial charge in [0.2, 0.25) is 0 Å². The Morgan fingerprint density at radius 3 is 2.61 bits per heavy atom. The quantitative estimate of drug-likeness (QED) is 0.855. The van der Waals surface area contributed by atoms with Crippen LogP contribution in [0.25, 0.3) is 0 Å². The maximum atomic E-state index is 12.2. The van der Waals surface area contributed by atoms with Gasteiger partial charge < -0.3 is 14.7 Å². The van der Waals surface area contributed by atoms with E-state index in [9.17, 15) is 14.7 Å². The van der Waals surface area contributed by atoms with Crippen molar-refractivity contribution in [3.8, 4) is 11.5 Å². The van der Waals surface area contributed by atoms with Crippen molar-refractivity contribution in [3.05, 3.63) is 23.8 Å². The van der Waals surface area contributed by atoms with Gasteiger partial charge in [-0.15, -0.1) is 0 Å². The Balaban J connectivity index is 2.21. The summed E-state index contributed by atoms with van der Waals surface area (Å²) >= 11 is 0. The lowest BCUT2D eigenvalue weighted by Gasteiger charge is -2.26. The molecule has 0 saturated carbocycles. The molecule has 1 saturated heterocycles. The number of Topliss-reactive ketones (excluding diaryl/α,β-unsaturated/α-hetero) is 1. The molecule has 0 radical (unpaired) electrons. The van der Waals surface area contributed by atoms with E-state index in [1.54, 1.807) is 23.1 Å². The van der Waals surface area contributed by atoms with Crippen molar-refractivity contribution < 1.29 is 19.4 Å². The summed E-state index contributed by atoms with van der Waals surface area (Å²) in [4.78, 5) is 24.9. The maximum absolute atomic E-state index is 12.2. The van der Waals surface area contributed by atoms with Crippen LogP contribution in [0, 0.1) is 0 Å². The third-order valence-corrected chi connectivity index (χ3v) is 3.06. The largest absolute Gasteiger partial charge is 0.504 e. The number of para-hydroxylation sites is 1. The van der Waals surface area contributed by atoms with Gasteiger partial charge in [0.15, 0.2) is 11.5 Å². The molecule has 0 spiro atoms. The molecular formula is C13H15NO4. The van der Waals surface area contributed by atoms with Crippen molar-refractivity contribution >= 4 is 11.7 Å². The molecule has 0 aliphatic carbocycles. The van der Waals surface area contributed by atoms with Crippen molar-refractivity contribution in [1.82, 2.24) is 4.90 Å². The molecule has 5 nitrogen and oxygen atoms in total. The molecule has 0 aromatic heterocycles. The van der Waals surface area contributed by atoms with E-state index in [0.29, 0.717) is 25.9 Å². The van der Waals surface area contributed by atoms with Crippen molar-refractivity contribution in [2.75, 3.05) is 20.2 Å². The number of ketones is 1. The van der Waals surface area contributed by atoms with Crippen LogP contribution in [0.3, 0.4) is 0 Å². The average Bonchev–Trinajstić information content (AvgIpc) is 2.39. The summed E-state index contributed by atoms with van der Waals surface area (Å²) in [5.74, 6) is 0.0312. The molecule has 1 aliphatic heterocycles. The average molecular weight is 249 g/mol. The highest BCUT2D eigenvalue weighted by Gasteiger charge is 2.24. The second-order valence-corrected chi connectivity index (χ2v) is 4.19. The highest BCUT2D eigenvalue weighted by Crippen LogP contribution is 2.30. The number of nitrogens with zero attached hydrogens (tertiary/aromatic N) is 1. The molecule has 5 heteroatoms. The monoisotopic (exact) mass is 249 g/mol. The number of hydrogen-bond donors (Lipinski definition) is 1. The Labute approximate surface area is 105 Å². The molecule has 1 fully saturated rings. The predicted molar refractivity (Wildman–Crippen MR) is 64.8 cm³/mol. The first-order chi connectivity index (χ1) is 8.63. The molecule has 1 N–H and O–H groups in total. The van der Waals surface area contributed by atoms with Crippen LogP contribution >= 0.6 is 0 Å². The summed E-state index contributed by atoms with van der Waals surface area (Å²) < 4.78 is 4.97. The minimum atomic E-state index is -0.265. The van der Waals surface area contributed by atoms with E-state index in [-0.39, 0.29) is 28.8 Å². The van der Waals surface area contributed by atoms with Crippen molar-refractivity contribution in [2.45, 2.75) is 12.8 Å². The van der Waals surface area contributed by atoms with Gasteiger partial charge in [-0.05, 0) is 12.1 Å². The Bertz CT molecular complexity index is 474. The zero-order valence-electron chi connectivity index (χ0n) is 10.2. The van der Waals surface area contributed by atoms with E-state index in [0.717, 1.165) is 0 Å². The summed E-state index contributed by atoms with van der Waals surface area (Å²) in [5, 5.41) is 9.90. The first-order valence-electron chi connectivity index (χ1n) is 5.80. The lowest BCUT2D eigenvalue weighted by molar-refractivity contribution is -0.120. The maximum Gasteiger partial charge on any atom is 0.257 e. The van der Waals surface area contributed by atoms with Gasteiger partial charge in [-0.1, -0.05) is 6.07 Å². The standard InChI is InChI=1S/C13H15NO4/c1-18-11-4-2-3-10(12(11)16)13(17)14-7-5-9(15)6-8-14/h2-4,16H,5-8H2,1H3. The van der Waals surface area contributed by atoms with E-state index in [4.69, 9.17) is 4.74 Å². The minimum absolute atomic E-state index is 0.151. The summed E-state index contributed by atoms with van der Waals surface area (Å²) in [5.41, 5.74) is 0.212. The van der Waals surface area contributed by atoms with E-state index in [1.807, 2.05) is 0 Å². The summed E-state index contributed by atoms with van der Waals surface area (Å²) in [6, 6.07) is 4.79. The number of phenolic OH excluding ortho intramolecular Hbond substituents is 1. The smallest absolute Gasteiger partial charge is 0.257 e. The number of piperidine rings is 1. The molecule has 0 bridgehead atoms. The highest BCUT2D eigenvalue weighted by molar-refractivity contribution is 5.98. The van der Waals surface area contributed by atoms with E-state index >= 15 is 0 Å². The third-order valence-electron chi connectivity index (χ3n) is 3.06. The molecule has 1 aliphatic rings. The van der Waals surface area contributed by atoms with Gasteiger partial charge in [-0.2, -0.15) is 0 Å². The van der Waals surface area contributed by atoms with E-state index < -0.39 is 0 Å². The topological polar surface area (TPSA) is 66.8 Å². The van der Waals surface area contributed by atoms with E-state index in [2.05, 4.69) is 0 Å². The van der Waals surface area contributed by atoms with Crippen LogP contribution in [-0.4, -0.2) is 41.9 Å². The first-order valence-corrected chi connectivity index (χ1v) is 5.80. The summed E-state index contributed by atoms with van der Waals surface area (Å²) in [7, 11) is 1.43.